The number of methoxy groups -OCH3 is 2. The Balaban J connectivity index is 2.31. The normalized spacial score (nSPS) is 10.4. The standard InChI is InChI=1S/C12H16FNO4/c1-16-12(17-2)7-14-11(15)8-18-10-6-4-3-5-9(10)13/h3-6,12H,7-8H2,1-2H3,(H,14,15). The van der Waals surface area contributed by atoms with Gasteiger partial charge in [-0.2, -0.15) is 0 Å². The summed E-state index contributed by atoms with van der Waals surface area (Å²) in [6, 6.07) is 5.89. The lowest BCUT2D eigenvalue weighted by Crippen LogP contribution is -2.36. The molecule has 1 N–H and O–H groups in total. The van der Waals surface area contributed by atoms with Gasteiger partial charge in [-0.1, -0.05) is 12.1 Å². The van der Waals surface area contributed by atoms with Gasteiger partial charge in [0.05, 0.1) is 6.54 Å². The number of hydrogen-bond donors (Lipinski definition) is 1. The lowest BCUT2D eigenvalue weighted by molar-refractivity contribution is -0.129. The Labute approximate surface area is 105 Å². The van der Waals surface area contributed by atoms with Crippen LogP contribution in [0, 0.1) is 5.82 Å². The van der Waals surface area contributed by atoms with Crippen molar-refractivity contribution in [3.05, 3.63) is 30.1 Å². The topological polar surface area (TPSA) is 56.8 Å². The van der Waals surface area contributed by atoms with Gasteiger partial charge in [0.25, 0.3) is 5.91 Å². The molecule has 0 fully saturated rings. The largest absolute Gasteiger partial charge is 0.481 e. The predicted molar refractivity (Wildman–Crippen MR) is 62.7 cm³/mol. The van der Waals surface area contributed by atoms with Crippen LogP contribution in [0.15, 0.2) is 24.3 Å². The van der Waals surface area contributed by atoms with Crippen molar-refractivity contribution in [1.29, 1.82) is 0 Å². The molecule has 0 radical (unpaired) electrons. The van der Waals surface area contributed by atoms with Crippen LogP contribution in [0.1, 0.15) is 0 Å². The molecule has 0 aliphatic carbocycles. The van der Waals surface area contributed by atoms with Crippen LogP contribution < -0.4 is 10.1 Å². The monoisotopic (exact) mass is 257 g/mol. The smallest absolute Gasteiger partial charge is 0.258 e. The molecule has 0 saturated carbocycles. The number of benzene rings is 1. The molecule has 1 aromatic rings. The van der Waals surface area contributed by atoms with Crippen LogP contribution >= 0.6 is 0 Å². The third-order valence-electron chi connectivity index (χ3n) is 2.19. The second-order valence-corrected chi connectivity index (χ2v) is 3.42. The summed E-state index contributed by atoms with van der Waals surface area (Å²) in [5, 5.41) is 2.54. The van der Waals surface area contributed by atoms with Crippen LogP contribution in [-0.4, -0.2) is 39.6 Å². The minimum atomic E-state index is -0.512. The van der Waals surface area contributed by atoms with Crippen LogP contribution in [0.25, 0.3) is 0 Å². The lowest BCUT2D eigenvalue weighted by atomic mass is 10.3. The minimum Gasteiger partial charge on any atom is -0.481 e. The molecule has 6 heteroatoms. The molecule has 1 amide bonds. The molecule has 18 heavy (non-hydrogen) atoms. The van der Waals surface area contributed by atoms with Crippen molar-refractivity contribution in [1.82, 2.24) is 5.32 Å². The zero-order valence-electron chi connectivity index (χ0n) is 10.3. The number of amides is 1. The summed E-state index contributed by atoms with van der Waals surface area (Å²) in [5.74, 6) is -0.836. The van der Waals surface area contributed by atoms with Crippen molar-refractivity contribution < 1.29 is 23.4 Å². The number of ether oxygens (including phenoxy) is 3. The second-order valence-electron chi connectivity index (χ2n) is 3.42. The average Bonchev–Trinajstić information content (AvgIpc) is 2.39. The molecule has 0 aromatic heterocycles. The van der Waals surface area contributed by atoms with E-state index in [0.717, 1.165) is 0 Å². The third kappa shape index (κ3) is 4.68. The summed E-state index contributed by atoms with van der Waals surface area (Å²) in [7, 11) is 2.94. The van der Waals surface area contributed by atoms with Crippen molar-refractivity contribution in [2.45, 2.75) is 6.29 Å². The van der Waals surface area contributed by atoms with Gasteiger partial charge in [0.1, 0.15) is 0 Å². The van der Waals surface area contributed by atoms with E-state index < -0.39 is 12.1 Å². The van der Waals surface area contributed by atoms with Gasteiger partial charge in [-0.25, -0.2) is 4.39 Å². The summed E-state index contributed by atoms with van der Waals surface area (Å²) in [4.78, 5) is 11.4. The van der Waals surface area contributed by atoms with Crippen molar-refractivity contribution in [2.75, 3.05) is 27.4 Å². The van der Waals surface area contributed by atoms with E-state index >= 15 is 0 Å². The molecule has 100 valence electrons. The fourth-order valence-electron chi connectivity index (χ4n) is 1.22. The summed E-state index contributed by atoms with van der Waals surface area (Å²) >= 11 is 0. The number of rotatable bonds is 7. The van der Waals surface area contributed by atoms with E-state index in [-0.39, 0.29) is 24.8 Å². The fraction of sp³-hybridized carbons (Fsp3) is 0.417. The first-order valence-corrected chi connectivity index (χ1v) is 5.37. The SMILES string of the molecule is COC(CNC(=O)COc1ccccc1F)OC. The van der Waals surface area contributed by atoms with Crippen molar-refractivity contribution in [2.24, 2.45) is 0 Å². The molecule has 0 aliphatic heterocycles. The summed E-state index contributed by atoms with van der Waals surface area (Å²) in [6.07, 6.45) is -0.512. The molecule has 1 rings (SSSR count). The number of carbonyl (C=O) groups is 1. The third-order valence-corrected chi connectivity index (χ3v) is 2.19. The van der Waals surface area contributed by atoms with Crippen molar-refractivity contribution in [3.63, 3.8) is 0 Å². The first-order chi connectivity index (χ1) is 8.67. The number of para-hydroxylation sites is 1. The molecule has 0 saturated heterocycles. The van der Waals surface area contributed by atoms with E-state index in [1.54, 1.807) is 12.1 Å². The molecule has 0 spiro atoms. The Hall–Kier alpha value is -1.66. The van der Waals surface area contributed by atoms with Gasteiger partial charge in [0.15, 0.2) is 24.5 Å². The van der Waals surface area contributed by atoms with E-state index in [9.17, 15) is 9.18 Å². The summed E-state index contributed by atoms with van der Waals surface area (Å²) in [6.45, 7) is -0.0620. The van der Waals surface area contributed by atoms with Gasteiger partial charge in [-0.15, -0.1) is 0 Å². The van der Waals surface area contributed by atoms with Gasteiger partial charge in [-0.3, -0.25) is 4.79 Å². The first-order valence-electron chi connectivity index (χ1n) is 5.37. The highest BCUT2D eigenvalue weighted by atomic mass is 19.1. The molecular formula is C12H16FNO4. The number of carbonyl (C=O) groups excluding carboxylic acids is 1. The van der Waals surface area contributed by atoms with E-state index in [0.29, 0.717) is 0 Å². The van der Waals surface area contributed by atoms with Gasteiger partial charge in [-0.05, 0) is 12.1 Å². The van der Waals surface area contributed by atoms with Gasteiger partial charge in [0.2, 0.25) is 0 Å². The van der Waals surface area contributed by atoms with Gasteiger partial charge in [0, 0.05) is 14.2 Å². The molecular weight excluding hydrogens is 241 g/mol. The molecule has 0 aliphatic rings. The Morgan fingerprint density at radius 2 is 2.00 bits per heavy atom. The van der Waals surface area contributed by atoms with Crippen LogP contribution in [0.2, 0.25) is 0 Å². The number of halogens is 1. The molecule has 0 atom stereocenters. The fourth-order valence-corrected chi connectivity index (χ4v) is 1.22. The average molecular weight is 257 g/mol. The van der Waals surface area contributed by atoms with Crippen LogP contribution in [0.4, 0.5) is 4.39 Å². The zero-order chi connectivity index (χ0) is 13.4. The maximum absolute atomic E-state index is 13.2. The van der Waals surface area contributed by atoms with E-state index in [1.807, 2.05) is 0 Å². The number of nitrogens with one attached hydrogen (secondary N) is 1. The lowest BCUT2D eigenvalue weighted by Gasteiger charge is -2.14. The first kappa shape index (κ1) is 14.4. The van der Waals surface area contributed by atoms with Crippen LogP contribution in [-0.2, 0) is 14.3 Å². The maximum Gasteiger partial charge on any atom is 0.258 e. The quantitative estimate of drug-likeness (QED) is 0.739. The minimum absolute atomic E-state index is 0.0442. The van der Waals surface area contributed by atoms with E-state index in [2.05, 4.69) is 5.32 Å². The van der Waals surface area contributed by atoms with Crippen molar-refractivity contribution in [3.8, 4) is 5.75 Å². The van der Waals surface area contributed by atoms with E-state index in [4.69, 9.17) is 14.2 Å². The Morgan fingerprint density at radius 3 is 2.61 bits per heavy atom. The highest BCUT2D eigenvalue weighted by molar-refractivity contribution is 5.77. The van der Waals surface area contributed by atoms with Crippen LogP contribution in [0.3, 0.4) is 0 Å². The summed E-state index contributed by atoms with van der Waals surface area (Å²) in [5.41, 5.74) is 0. The molecule has 0 heterocycles. The highest BCUT2D eigenvalue weighted by Gasteiger charge is 2.09. The Kier molecular flexibility index (Phi) is 6.10. The zero-order valence-corrected chi connectivity index (χ0v) is 10.3. The summed E-state index contributed by atoms with van der Waals surface area (Å²) < 4.78 is 28.0. The predicted octanol–water partition coefficient (Wildman–Crippen LogP) is 0.940. The van der Waals surface area contributed by atoms with Crippen LogP contribution in [0.5, 0.6) is 5.75 Å². The molecule has 0 bridgehead atoms. The molecule has 1 aromatic carbocycles. The molecule has 5 nitrogen and oxygen atoms in total. The van der Waals surface area contributed by atoms with Crippen molar-refractivity contribution >= 4 is 5.91 Å². The van der Waals surface area contributed by atoms with Gasteiger partial charge < -0.3 is 19.5 Å². The number of hydrogen-bond acceptors (Lipinski definition) is 4. The maximum atomic E-state index is 13.2. The van der Waals surface area contributed by atoms with Gasteiger partial charge >= 0.3 is 0 Å². The van der Waals surface area contributed by atoms with E-state index in [1.165, 1.54) is 26.4 Å². The Bertz CT molecular complexity index is 382. The highest BCUT2D eigenvalue weighted by Crippen LogP contribution is 2.14. The molecule has 0 unspecified atom stereocenters. The second kappa shape index (κ2) is 7.62. The Morgan fingerprint density at radius 1 is 1.33 bits per heavy atom.